The van der Waals surface area contributed by atoms with Gasteiger partial charge in [-0.05, 0) is 57.2 Å². The zero-order valence-corrected chi connectivity index (χ0v) is 14.6. The van der Waals surface area contributed by atoms with Crippen molar-refractivity contribution in [2.75, 3.05) is 0 Å². The largest absolute Gasteiger partial charge is 0.443 e. The van der Waals surface area contributed by atoms with Crippen LogP contribution in [-0.4, -0.2) is 28.5 Å². The van der Waals surface area contributed by atoms with Crippen LogP contribution in [0.25, 0.3) is 0 Å². The standard InChI is InChI=1S/C17H20BrNO3/c1-17(2,3)22-16(21)19-12-8-13(14(9-12)15(19)20)10-4-6-11(18)7-5-10/h4-7,12-14H,8-9H2,1-3H3/t12-,13+,14-/m1/s1. The maximum atomic E-state index is 12.6. The first kappa shape index (κ1) is 15.5. The summed E-state index contributed by atoms with van der Waals surface area (Å²) >= 11 is 3.43. The second-order valence-corrected chi connectivity index (χ2v) is 7.99. The molecule has 2 fully saturated rings. The number of hydrogen-bond donors (Lipinski definition) is 0. The number of carbonyl (C=O) groups excluding carboxylic acids is 2. The summed E-state index contributed by atoms with van der Waals surface area (Å²) in [6.45, 7) is 5.44. The van der Waals surface area contributed by atoms with Crippen molar-refractivity contribution in [3.05, 3.63) is 34.3 Å². The van der Waals surface area contributed by atoms with Gasteiger partial charge in [0.2, 0.25) is 5.91 Å². The Labute approximate surface area is 138 Å². The minimum atomic E-state index is -0.579. The number of benzene rings is 1. The fourth-order valence-electron chi connectivity index (χ4n) is 3.48. The summed E-state index contributed by atoms with van der Waals surface area (Å²) in [5.41, 5.74) is 0.595. The summed E-state index contributed by atoms with van der Waals surface area (Å²) in [6.07, 6.45) is 1.08. The van der Waals surface area contributed by atoms with E-state index in [1.807, 2.05) is 32.9 Å². The van der Waals surface area contributed by atoms with E-state index in [4.69, 9.17) is 4.74 Å². The minimum Gasteiger partial charge on any atom is -0.443 e. The van der Waals surface area contributed by atoms with Gasteiger partial charge in [0.05, 0.1) is 0 Å². The van der Waals surface area contributed by atoms with Crippen molar-refractivity contribution in [3.63, 3.8) is 0 Å². The van der Waals surface area contributed by atoms with E-state index in [-0.39, 0.29) is 23.8 Å². The predicted molar refractivity (Wildman–Crippen MR) is 86.5 cm³/mol. The number of rotatable bonds is 1. The maximum Gasteiger partial charge on any atom is 0.417 e. The first-order chi connectivity index (χ1) is 10.3. The SMILES string of the molecule is CC(C)(C)OC(=O)N1C(=O)[C@@H]2C[C@H]1C[C@H]2c1ccc(Br)cc1. The third kappa shape index (κ3) is 2.78. The molecule has 2 aliphatic rings. The lowest BCUT2D eigenvalue weighted by atomic mass is 9.87. The number of nitrogens with zero attached hydrogens (tertiary/aromatic N) is 1. The molecule has 22 heavy (non-hydrogen) atoms. The van der Waals surface area contributed by atoms with Crippen LogP contribution in [0, 0.1) is 5.92 Å². The zero-order chi connectivity index (χ0) is 16.1. The molecule has 0 aromatic heterocycles. The Morgan fingerprint density at radius 2 is 1.77 bits per heavy atom. The highest BCUT2D eigenvalue weighted by molar-refractivity contribution is 9.10. The van der Waals surface area contributed by atoms with Crippen molar-refractivity contribution < 1.29 is 14.3 Å². The third-order valence-corrected chi connectivity index (χ3v) is 4.87. The molecule has 0 radical (unpaired) electrons. The van der Waals surface area contributed by atoms with E-state index in [9.17, 15) is 9.59 Å². The number of hydrogen-bond acceptors (Lipinski definition) is 3. The molecular formula is C17H20BrNO3. The van der Waals surface area contributed by atoms with Gasteiger partial charge in [-0.15, -0.1) is 0 Å². The van der Waals surface area contributed by atoms with Crippen molar-refractivity contribution in [1.29, 1.82) is 0 Å². The van der Waals surface area contributed by atoms with E-state index >= 15 is 0 Å². The van der Waals surface area contributed by atoms with Crippen LogP contribution in [0.1, 0.15) is 45.1 Å². The molecule has 1 aliphatic heterocycles. The molecule has 1 aromatic carbocycles. The summed E-state index contributed by atoms with van der Waals surface area (Å²) in [5.74, 6) is 0.0291. The number of piperidine rings is 1. The van der Waals surface area contributed by atoms with Crippen molar-refractivity contribution in [1.82, 2.24) is 4.90 Å². The first-order valence-electron chi connectivity index (χ1n) is 7.58. The molecule has 1 saturated carbocycles. The van der Waals surface area contributed by atoms with Crippen LogP contribution < -0.4 is 0 Å². The fraction of sp³-hybridized carbons (Fsp3) is 0.529. The summed E-state index contributed by atoms with van der Waals surface area (Å²) in [6, 6.07) is 8.08. The lowest BCUT2D eigenvalue weighted by molar-refractivity contribution is -0.133. The zero-order valence-electron chi connectivity index (χ0n) is 13.0. The Kier molecular flexibility index (Phi) is 3.79. The summed E-state index contributed by atoms with van der Waals surface area (Å²) < 4.78 is 6.39. The average Bonchev–Trinajstić information content (AvgIpc) is 2.95. The predicted octanol–water partition coefficient (Wildman–Crippen LogP) is 4.09. The van der Waals surface area contributed by atoms with E-state index in [2.05, 4.69) is 28.1 Å². The Hall–Kier alpha value is -1.36. The lowest BCUT2D eigenvalue weighted by Gasteiger charge is -2.31. The Morgan fingerprint density at radius 3 is 2.32 bits per heavy atom. The van der Waals surface area contributed by atoms with Crippen molar-refractivity contribution in [2.45, 2.75) is 51.2 Å². The molecule has 1 saturated heterocycles. The van der Waals surface area contributed by atoms with Crippen molar-refractivity contribution >= 4 is 27.9 Å². The topological polar surface area (TPSA) is 46.6 Å². The quantitative estimate of drug-likeness (QED) is 0.752. The summed E-state index contributed by atoms with van der Waals surface area (Å²) in [7, 11) is 0. The van der Waals surface area contributed by atoms with Gasteiger partial charge < -0.3 is 4.74 Å². The van der Waals surface area contributed by atoms with E-state index in [0.29, 0.717) is 0 Å². The van der Waals surface area contributed by atoms with Gasteiger partial charge in [0.25, 0.3) is 0 Å². The summed E-state index contributed by atoms with van der Waals surface area (Å²) in [5, 5.41) is 0. The van der Waals surface area contributed by atoms with Gasteiger partial charge in [-0.1, -0.05) is 28.1 Å². The Bertz CT molecular complexity index is 605. The highest BCUT2D eigenvalue weighted by Gasteiger charge is 2.54. The smallest absolute Gasteiger partial charge is 0.417 e. The van der Waals surface area contributed by atoms with Crippen molar-refractivity contribution in [3.8, 4) is 0 Å². The molecule has 0 spiro atoms. The van der Waals surface area contributed by atoms with Gasteiger partial charge in [0.15, 0.2) is 0 Å². The molecule has 0 N–H and O–H groups in total. The molecule has 118 valence electrons. The maximum absolute atomic E-state index is 12.6. The number of amides is 2. The van der Waals surface area contributed by atoms with Gasteiger partial charge in [-0.2, -0.15) is 0 Å². The third-order valence-electron chi connectivity index (χ3n) is 4.35. The van der Waals surface area contributed by atoms with Crippen LogP contribution in [0.3, 0.4) is 0 Å². The van der Waals surface area contributed by atoms with Crippen LogP contribution in [0.4, 0.5) is 4.79 Å². The molecule has 1 heterocycles. The molecule has 3 rings (SSSR count). The average molecular weight is 366 g/mol. The van der Waals surface area contributed by atoms with Gasteiger partial charge in [-0.25, -0.2) is 9.69 Å². The molecule has 3 atom stereocenters. The van der Waals surface area contributed by atoms with Gasteiger partial charge >= 0.3 is 6.09 Å². The van der Waals surface area contributed by atoms with Gasteiger partial charge in [0, 0.05) is 16.4 Å². The lowest BCUT2D eigenvalue weighted by Crippen LogP contribution is -2.46. The molecule has 2 amide bonds. The van der Waals surface area contributed by atoms with Crippen LogP contribution in [0.5, 0.6) is 0 Å². The van der Waals surface area contributed by atoms with Crippen LogP contribution >= 0.6 is 15.9 Å². The monoisotopic (exact) mass is 365 g/mol. The van der Waals surface area contributed by atoms with Crippen LogP contribution in [0.15, 0.2) is 28.7 Å². The minimum absolute atomic E-state index is 0.0269. The first-order valence-corrected chi connectivity index (χ1v) is 8.37. The molecule has 2 bridgehead atoms. The number of imide groups is 1. The van der Waals surface area contributed by atoms with E-state index in [0.717, 1.165) is 17.3 Å². The number of ether oxygens (including phenoxy) is 1. The van der Waals surface area contributed by atoms with Crippen molar-refractivity contribution in [2.24, 2.45) is 5.92 Å². The van der Waals surface area contributed by atoms with E-state index < -0.39 is 11.7 Å². The highest BCUT2D eigenvalue weighted by atomic mass is 79.9. The molecular weight excluding hydrogens is 346 g/mol. The molecule has 0 unspecified atom stereocenters. The van der Waals surface area contributed by atoms with Crippen LogP contribution in [0.2, 0.25) is 0 Å². The van der Waals surface area contributed by atoms with E-state index in [1.54, 1.807) is 0 Å². The molecule has 5 heteroatoms. The Balaban J connectivity index is 1.75. The number of carbonyl (C=O) groups is 2. The molecule has 1 aromatic rings. The molecule has 1 aliphatic carbocycles. The second kappa shape index (κ2) is 5.37. The fourth-order valence-corrected chi connectivity index (χ4v) is 3.75. The Morgan fingerprint density at radius 1 is 1.18 bits per heavy atom. The number of likely N-dealkylation sites (tertiary alicyclic amines) is 1. The highest BCUT2D eigenvalue weighted by Crippen LogP contribution is 2.48. The number of halogens is 1. The second-order valence-electron chi connectivity index (χ2n) is 7.08. The normalized spacial score (nSPS) is 27.4. The number of fused-ring (bicyclic) bond motifs is 2. The van der Waals surface area contributed by atoms with E-state index in [1.165, 1.54) is 10.5 Å². The van der Waals surface area contributed by atoms with Crippen LogP contribution in [-0.2, 0) is 9.53 Å². The van der Waals surface area contributed by atoms with Gasteiger partial charge in [-0.3, -0.25) is 4.79 Å². The van der Waals surface area contributed by atoms with Gasteiger partial charge in [0.1, 0.15) is 5.60 Å². The molecule has 4 nitrogen and oxygen atoms in total. The summed E-state index contributed by atoms with van der Waals surface area (Å²) in [4.78, 5) is 26.1.